The second-order valence-corrected chi connectivity index (χ2v) is 5.26. The Hall–Kier alpha value is -2.46. The molecule has 23 heavy (non-hydrogen) atoms. The Morgan fingerprint density at radius 2 is 1.70 bits per heavy atom. The van der Waals surface area contributed by atoms with Gasteiger partial charge in [-0.3, -0.25) is 0 Å². The van der Waals surface area contributed by atoms with Gasteiger partial charge >= 0.3 is 5.97 Å². The smallest absolute Gasteiger partial charge is 0.328 e. The van der Waals surface area contributed by atoms with Crippen LogP contribution in [0.5, 0.6) is 11.5 Å². The van der Waals surface area contributed by atoms with Gasteiger partial charge in [0, 0.05) is 11.1 Å². The van der Waals surface area contributed by atoms with Gasteiger partial charge in [0.15, 0.2) is 0 Å². The average Bonchev–Trinajstić information content (AvgIpc) is 2.54. The van der Waals surface area contributed by atoms with Gasteiger partial charge in [-0.1, -0.05) is 23.7 Å². The molecule has 0 aliphatic rings. The highest BCUT2D eigenvalue weighted by molar-refractivity contribution is 6.31. The van der Waals surface area contributed by atoms with E-state index in [0.717, 1.165) is 23.0 Å². The molecule has 0 saturated carbocycles. The van der Waals surface area contributed by atoms with Crippen LogP contribution in [-0.4, -0.2) is 24.3 Å². The lowest BCUT2D eigenvalue weighted by molar-refractivity contribution is -0.131. The molecule has 0 heterocycles. The Labute approximate surface area is 139 Å². The number of carboxylic acids is 1. The topological polar surface area (TPSA) is 55.8 Å². The molecule has 0 spiro atoms. The number of ether oxygens (including phenoxy) is 2. The zero-order valence-corrected chi connectivity index (χ0v) is 13.4. The van der Waals surface area contributed by atoms with Gasteiger partial charge in [-0.2, -0.15) is 0 Å². The minimum absolute atomic E-state index is 0.409. The summed E-state index contributed by atoms with van der Waals surface area (Å²) in [5.74, 6) is 0.484. The van der Waals surface area contributed by atoms with Gasteiger partial charge in [0.25, 0.3) is 0 Å². The van der Waals surface area contributed by atoms with Crippen molar-refractivity contribution in [3.05, 3.63) is 64.7 Å². The molecule has 0 aliphatic carbocycles. The van der Waals surface area contributed by atoms with Crippen LogP contribution < -0.4 is 9.47 Å². The number of carbonyl (C=O) groups is 1. The molecule has 2 rings (SSSR count). The third kappa shape index (κ3) is 5.68. The van der Waals surface area contributed by atoms with Crippen molar-refractivity contribution in [2.24, 2.45) is 0 Å². The maximum absolute atomic E-state index is 10.4. The molecule has 4 nitrogen and oxygen atoms in total. The summed E-state index contributed by atoms with van der Waals surface area (Å²) in [6, 6.07) is 12.7. The van der Waals surface area contributed by atoms with E-state index in [2.05, 4.69) is 0 Å². The van der Waals surface area contributed by atoms with E-state index in [0.29, 0.717) is 24.0 Å². The summed E-state index contributed by atoms with van der Waals surface area (Å²) in [4.78, 5) is 10.4. The Kier molecular flexibility index (Phi) is 6.06. The molecule has 0 aliphatic heterocycles. The van der Waals surface area contributed by atoms with E-state index >= 15 is 0 Å². The Morgan fingerprint density at radius 1 is 1.09 bits per heavy atom. The number of carboxylic acid groups (broad SMARTS) is 1. The van der Waals surface area contributed by atoms with Crippen molar-refractivity contribution in [3.8, 4) is 11.5 Å². The van der Waals surface area contributed by atoms with E-state index in [1.54, 1.807) is 30.3 Å². The lowest BCUT2D eigenvalue weighted by Crippen LogP contribution is -2.09. The summed E-state index contributed by atoms with van der Waals surface area (Å²) in [5.41, 5.74) is 1.77. The third-order valence-corrected chi connectivity index (χ3v) is 3.47. The zero-order chi connectivity index (χ0) is 16.7. The molecule has 1 N–H and O–H groups in total. The van der Waals surface area contributed by atoms with Crippen molar-refractivity contribution < 1.29 is 19.4 Å². The highest BCUT2D eigenvalue weighted by Gasteiger charge is 1.99. The van der Waals surface area contributed by atoms with Crippen LogP contribution in [0.1, 0.15) is 11.1 Å². The predicted octanol–water partition coefficient (Wildman–Crippen LogP) is 4.20. The number of hydrogen-bond donors (Lipinski definition) is 1. The SMILES string of the molecule is Cc1cc(OCCOc2ccc(/C=C\C(=O)O)cc2)ccc1Cl. The van der Waals surface area contributed by atoms with Crippen LogP contribution in [0.15, 0.2) is 48.5 Å². The molecule has 0 fully saturated rings. The molecule has 120 valence electrons. The second kappa shape index (κ2) is 8.25. The summed E-state index contributed by atoms with van der Waals surface area (Å²) in [7, 11) is 0. The van der Waals surface area contributed by atoms with Crippen LogP contribution in [0.2, 0.25) is 5.02 Å². The van der Waals surface area contributed by atoms with Gasteiger partial charge in [-0.05, 0) is 54.5 Å². The van der Waals surface area contributed by atoms with Crippen LogP contribution >= 0.6 is 11.6 Å². The number of halogens is 1. The maximum Gasteiger partial charge on any atom is 0.328 e. The molecule has 0 unspecified atom stereocenters. The molecule has 2 aromatic carbocycles. The summed E-state index contributed by atoms with van der Waals surface area (Å²) in [5, 5.41) is 9.28. The number of hydrogen-bond acceptors (Lipinski definition) is 3. The van der Waals surface area contributed by atoms with Crippen LogP contribution in [0.4, 0.5) is 0 Å². The predicted molar refractivity (Wildman–Crippen MR) is 90.3 cm³/mol. The van der Waals surface area contributed by atoms with E-state index in [1.165, 1.54) is 6.08 Å². The highest BCUT2D eigenvalue weighted by Crippen LogP contribution is 2.21. The Balaban J connectivity index is 1.77. The quantitative estimate of drug-likeness (QED) is 0.609. The maximum atomic E-state index is 10.4. The molecular weight excluding hydrogens is 316 g/mol. The normalized spacial score (nSPS) is 10.7. The average molecular weight is 333 g/mol. The van der Waals surface area contributed by atoms with Crippen LogP contribution in [0, 0.1) is 6.92 Å². The summed E-state index contributed by atoms with van der Waals surface area (Å²) in [6.45, 7) is 2.75. The molecule has 0 aromatic heterocycles. The number of benzene rings is 2. The summed E-state index contributed by atoms with van der Waals surface area (Å²) >= 11 is 5.96. The van der Waals surface area contributed by atoms with Crippen LogP contribution in [0.25, 0.3) is 6.08 Å². The first kappa shape index (κ1) is 16.9. The zero-order valence-electron chi connectivity index (χ0n) is 12.7. The number of aryl methyl sites for hydroxylation is 1. The molecule has 0 radical (unpaired) electrons. The minimum Gasteiger partial charge on any atom is -0.490 e. The van der Waals surface area contributed by atoms with Crippen molar-refractivity contribution in [2.75, 3.05) is 13.2 Å². The molecule has 0 saturated heterocycles. The molecule has 5 heteroatoms. The minimum atomic E-state index is -0.972. The Bertz CT molecular complexity index is 693. The van der Waals surface area contributed by atoms with Gasteiger partial charge < -0.3 is 14.6 Å². The molecule has 0 atom stereocenters. The largest absolute Gasteiger partial charge is 0.490 e. The second-order valence-electron chi connectivity index (χ2n) is 4.85. The lowest BCUT2D eigenvalue weighted by Gasteiger charge is -2.09. The summed E-state index contributed by atoms with van der Waals surface area (Å²) in [6.07, 6.45) is 2.62. The fourth-order valence-electron chi connectivity index (χ4n) is 1.87. The van der Waals surface area contributed by atoms with Crippen molar-refractivity contribution in [3.63, 3.8) is 0 Å². The fourth-order valence-corrected chi connectivity index (χ4v) is 1.99. The van der Waals surface area contributed by atoms with Crippen LogP contribution in [-0.2, 0) is 4.79 Å². The standard InChI is InChI=1S/C18H17ClO4/c1-13-12-16(7-8-17(13)19)23-11-10-22-15-5-2-14(3-6-15)4-9-18(20)21/h2-9,12H,10-11H2,1H3,(H,20,21)/b9-4-. The lowest BCUT2D eigenvalue weighted by atomic mass is 10.2. The van der Waals surface area contributed by atoms with E-state index in [9.17, 15) is 4.79 Å². The van der Waals surface area contributed by atoms with E-state index in [-0.39, 0.29) is 0 Å². The van der Waals surface area contributed by atoms with Crippen molar-refractivity contribution >= 4 is 23.6 Å². The third-order valence-electron chi connectivity index (χ3n) is 3.05. The number of aliphatic carboxylic acids is 1. The molecule has 2 aromatic rings. The van der Waals surface area contributed by atoms with Gasteiger partial charge in [0.05, 0.1) is 0 Å². The van der Waals surface area contributed by atoms with E-state index in [4.69, 9.17) is 26.2 Å². The number of rotatable bonds is 7. The van der Waals surface area contributed by atoms with Crippen molar-refractivity contribution in [1.29, 1.82) is 0 Å². The van der Waals surface area contributed by atoms with Gasteiger partial charge in [-0.15, -0.1) is 0 Å². The molecule has 0 bridgehead atoms. The van der Waals surface area contributed by atoms with Crippen LogP contribution in [0.3, 0.4) is 0 Å². The van der Waals surface area contributed by atoms with E-state index < -0.39 is 5.97 Å². The first-order valence-electron chi connectivity index (χ1n) is 7.07. The molecular formula is C18H17ClO4. The Morgan fingerprint density at radius 3 is 2.30 bits per heavy atom. The molecule has 0 amide bonds. The van der Waals surface area contributed by atoms with Crippen molar-refractivity contribution in [2.45, 2.75) is 6.92 Å². The first-order valence-corrected chi connectivity index (χ1v) is 7.45. The van der Waals surface area contributed by atoms with Gasteiger partial charge in [0.1, 0.15) is 24.7 Å². The monoisotopic (exact) mass is 332 g/mol. The first-order chi connectivity index (χ1) is 11.0. The van der Waals surface area contributed by atoms with Gasteiger partial charge in [-0.25, -0.2) is 4.79 Å². The summed E-state index contributed by atoms with van der Waals surface area (Å²) < 4.78 is 11.2. The van der Waals surface area contributed by atoms with E-state index in [1.807, 2.05) is 19.1 Å². The van der Waals surface area contributed by atoms with Crippen molar-refractivity contribution in [1.82, 2.24) is 0 Å². The fraction of sp³-hybridized carbons (Fsp3) is 0.167. The highest BCUT2D eigenvalue weighted by atomic mass is 35.5. The van der Waals surface area contributed by atoms with Gasteiger partial charge in [0.2, 0.25) is 0 Å².